The normalized spacial score (nSPS) is 14.4. The third-order valence-electron chi connectivity index (χ3n) is 4.69. The predicted octanol–water partition coefficient (Wildman–Crippen LogP) is 6.89. The van der Waals surface area contributed by atoms with Gasteiger partial charge in [0, 0.05) is 10.4 Å². The van der Waals surface area contributed by atoms with Crippen LogP contribution in [0.3, 0.4) is 0 Å². The maximum atomic E-state index is 3.59. The van der Waals surface area contributed by atoms with Crippen LogP contribution < -0.4 is 0 Å². The lowest BCUT2D eigenvalue weighted by Crippen LogP contribution is -1.98. The maximum absolute atomic E-state index is 3.59. The predicted molar refractivity (Wildman–Crippen MR) is 110 cm³/mol. The molecule has 0 bridgehead atoms. The van der Waals surface area contributed by atoms with Crippen LogP contribution >= 0.6 is 15.9 Å². The van der Waals surface area contributed by atoms with Crippen LogP contribution in [0.4, 0.5) is 0 Å². The monoisotopic (exact) mass is 386 g/mol. The molecule has 0 amide bonds. The smallest absolute Gasteiger partial charge is 0.0275 e. The van der Waals surface area contributed by atoms with Crippen LogP contribution in [0.5, 0.6) is 0 Å². The molecule has 1 aliphatic rings. The molecule has 0 saturated carbocycles. The van der Waals surface area contributed by atoms with Gasteiger partial charge in [-0.15, -0.1) is 0 Å². The van der Waals surface area contributed by atoms with Gasteiger partial charge in [-0.25, -0.2) is 0 Å². The molecule has 0 fully saturated rings. The van der Waals surface area contributed by atoms with Gasteiger partial charge >= 0.3 is 0 Å². The van der Waals surface area contributed by atoms with E-state index in [1.807, 2.05) is 0 Å². The van der Waals surface area contributed by atoms with Gasteiger partial charge in [0.1, 0.15) is 0 Å². The second kappa shape index (κ2) is 7.25. The average Bonchev–Trinajstić information content (AvgIpc) is 3.06. The third-order valence-corrected chi connectivity index (χ3v) is 5.19. The Balaban J connectivity index is 1.74. The molecule has 0 radical (unpaired) electrons. The maximum Gasteiger partial charge on any atom is 0.0275 e. The van der Waals surface area contributed by atoms with E-state index in [-0.39, 0.29) is 5.92 Å². The van der Waals surface area contributed by atoms with Crippen molar-refractivity contribution in [1.29, 1.82) is 0 Å². The van der Waals surface area contributed by atoms with Gasteiger partial charge in [-0.05, 0) is 46.4 Å². The second-order valence-electron chi connectivity index (χ2n) is 6.32. The molecular weight excluding hydrogens is 368 g/mol. The highest BCUT2D eigenvalue weighted by Crippen LogP contribution is 2.40. The van der Waals surface area contributed by atoms with Crippen LogP contribution in [-0.2, 0) is 6.42 Å². The second-order valence-corrected chi connectivity index (χ2v) is 7.24. The molecule has 0 nitrogen and oxygen atoms in total. The number of fused-ring (bicyclic) bond motifs is 1. The van der Waals surface area contributed by atoms with Gasteiger partial charge in [-0.1, -0.05) is 101 Å². The molecule has 0 N–H and O–H groups in total. The minimum Gasteiger partial charge on any atom is -0.0753 e. The first kappa shape index (κ1) is 16.1. The number of halogens is 1. The largest absolute Gasteiger partial charge is 0.0753 e. The van der Waals surface area contributed by atoms with Gasteiger partial charge in [-0.3, -0.25) is 0 Å². The Kier molecular flexibility index (Phi) is 4.67. The number of hydrogen-bond acceptors (Lipinski definition) is 0. The van der Waals surface area contributed by atoms with E-state index in [0.29, 0.717) is 0 Å². The van der Waals surface area contributed by atoms with E-state index in [0.717, 1.165) is 10.9 Å². The van der Waals surface area contributed by atoms with Gasteiger partial charge in [0.25, 0.3) is 0 Å². The molecule has 1 aliphatic carbocycles. The first-order valence-corrected chi connectivity index (χ1v) is 9.37. The van der Waals surface area contributed by atoms with Crippen LogP contribution in [0.1, 0.15) is 28.2 Å². The number of hydrogen-bond donors (Lipinski definition) is 0. The SMILES string of the molecule is Brc1ccc2c(c1)CC=C2C(/C=C/c1ccccc1)c1ccccc1. The summed E-state index contributed by atoms with van der Waals surface area (Å²) in [5.74, 6) is 0.267. The summed E-state index contributed by atoms with van der Waals surface area (Å²) in [6.45, 7) is 0. The zero-order valence-corrected chi connectivity index (χ0v) is 15.5. The molecule has 1 atom stereocenters. The van der Waals surface area contributed by atoms with E-state index < -0.39 is 0 Å². The van der Waals surface area contributed by atoms with Crippen LogP contribution in [0.15, 0.2) is 95.5 Å². The Labute approximate surface area is 157 Å². The summed E-state index contributed by atoms with van der Waals surface area (Å²) >= 11 is 3.59. The van der Waals surface area contributed by atoms with Gasteiger partial charge in [0.05, 0.1) is 0 Å². The average molecular weight is 387 g/mol. The summed E-state index contributed by atoms with van der Waals surface area (Å²) in [6.07, 6.45) is 7.94. The van der Waals surface area contributed by atoms with E-state index in [2.05, 4.69) is 113 Å². The third kappa shape index (κ3) is 3.52. The minimum absolute atomic E-state index is 0.267. The van der Waals surface area contributed by atoms with Crippen LogP contribution in [0.25, 0.3) is 11.6 Å². The fraction of sp³-hybridized carbons (Fsp3) is 0.0833. The van der Waals surface area contributed by atoms with Crippen molar-refractivity contribution in [3.8, 4) is 0 Å². The zero-order chi connectivity index (χ0) is 17.1. The van der Waals surface area contributed by atoms with Crippen LogP contribution in [0, 0.1) is 0 Å². The molecule has 4 rings (SSSR count). The summed E-state index contributed by atoms with van der Waals surface area (Å²) in [5.41, 5.74) is 6.74. The Bertz CT molecular complexity index is 921. The van der Waals surface area contributed by atoms with Gasteiger partial charge < -0.3 is 0 Å². The lowest BCUT2D eigenvalue weighted by molar-refractivity contribution is 1.11. The lowest BCUT2D eigenvalue weighted by Gasteiger charge is -2.17. The number of benzene rings is 3. The molecule has 122 valence electrons. The highest BCUT2D eigenvalue weighted by Gasteiger charge is 2.21. The van der Waals surface area contributed by atoms with Gasteiger partial charge in [0.2, 0.25) is 0 Å². The molecular formula is C24H19Br. The van der Waals surface area contributed by atoms with E-state index in [4.69, 9.17) is 0 Å². The van der Waals surface area contributed by atoms with E-state index in [1.54, 1.807) is 0 Å². The number of rotatable bonds is 4. The Hall–Kier alpha value is -2.38. The van der Waals surface area contributed by atoms with Crippen molar-refractivity contribution in [2.75, 3.05) is 0 Å². The van der Waals surface area contributed by atoms with Crippen LogP contribution in [0.2, 0.25) is 0 Å². The molecule has 3 aromatic rings. The summed E-state index contributed by atoms with van der Waals surface area (Å²) in [4.78, 5) is 0. The van der Waals surface area contributed by atoms with Crippen molar-refractivity contribution in [3.05, 3.63) is 118 Å². The fourth-order valence-corrected chi connectivity index (χ4v) is 3.87. The van der Waals surface area contributed by atoms with E-state index in [1.165, 1.54) is 27.8 Å². The first-order chi connectivity index (χ1) is 12.3. The highest BCUT2D eigenvalue weighted by molar-refractivity contribution is 9.10. The Morgan fingerprint density at radius 2 is 1.56 bits per heavy atom. The van der Waals surface area contributed by atoms with Gasteiger partial charge in [0.15, 0.2) is 0 Å². The van der Waals surface area contributed by atoms with Crippen molar-refractivity contribution >= 4 is 27.6 Å². The molecule has 3 aromatic carbocycles. The molecule has 0 aromatic heterocycles. The van der Waals surface area contributed by atoms with E-state index >= 15 is 0 Å². The topological polar surface area (TPSA) is 0 Å². The lowest BCUT2D eigenvalue weighted by atomic mass is 9.87. The summed E-state index contributed by atoms with van der Waals surface area (Å²) in [7, 11) is 0. The van der Waals surface area contributed by atoms with Crippen molar-refractivity contribution in [3.63, 3.8) is 0 Å². The van der Waals surface area contributed by atoms with Crippen molar-refractivity contribution < 1.29 is 0 Å². The molecule has 25 heavy (non-hydrogen) atoms. The standard InChI is InChI=1S/C24H19Br/c25-21-13-16-23-20(17-21)12-15-24(23)22(19-9-5-2-6-10-19)14-11-18-7-3-1-4-8-18/h1-11,13-17,22H,12H2/b14-11+. The number of allylic oxidation sites excluding steroid dienone is 3. The minimum atomic E-state index is 0.267. The molecule has 1 unspecified atom stereocenters. The van der Waals surface area contributed by atoms with Crippen molar-refractivity contribution in [2.45, 2.75) is 12.3 Å². The summed E-state index contributed by atoms with van der Waals surface area (Å²) in [5, 5.41) is 0. The van der Waals surface area contributed by atoms with Crippen molar-refractivity contribution in [2.24, 2.45) is 0 Å². The molecule has 1 heteroatoms. The quantitative estimate of drug-likeness (QED) is 0.457. The highest BCUT2D eigenvalue weighted by atomic mass is 79.9. The summed E-state index contributed by atoms with van der Waals surface area (Å²) in [6, 6.07) is 27.9. The molecule has 0 heterocycles. The summed E-state index contributed by atoms with van der Waals surface area (Å²) < 4.78 is 1.15. The zero-order valence-electron chi connectivity index (χ0n) is 13.9. The van der Waals surface area contributed by atoms with Gasteiger partial charge in [-0.2, -0.15) is 0 Å². The van der Waals surface area contributed by atoms with Crippen LogP contribution in [-0.4, -0.2) is 0 Å². The Morgan fingerprint density at radius 3 is 2.32 bits per heavy atom. The first-order valence-electron chi connectivity index (χ1n) is 8.58. The Morgan fingerprint density at radius 1 is 0.840 bits per heavy atom. The molecule has 0 spiro atoms. The van der Waals surface area contributed by atoms with Crippen molar-refractivity contribution in [1.82, 2.24) is 0 Å². The molecule has 0 saturated heterocycles. The van der Waals surface area contributed by atoms with E-state index in [9.17, 15) is 0 Å². The fourth-order valence-electron chi connectivity index (χ4n) is 3.46. The molecule has 0 aliphatic heterocycles.